The van der Waals surface area contributed by atoms with Gasteiger partial charge in [0.25, 0.3) is 0 Å². The Morgan fingerprint density at radius 1 is 1.40 bits per heavy atom. The van der Waals surface area contributed by atoms with Crippen LogP contribution in [0.25, 0.3) is 0 Å². The third kappa shape index (κ3) is 3.25. The van der Waals surface area contributed by atoms with Crippen molar-refractivity contribution in [2.45, 2.75) is 10.9 Å². The summed E-state index contributed by atoms with van der Waals surface area (Å²) in [6.45, 7) is 1.81. The van der Waals surface area contributed by atoms with Gasteiger partial charge in [-0.25, -0.2) is 0 Å². The van der Waals surface area contributed by atoms with Gasteiger partial charge in [0.2, 0.25) is 5.91 Å². The number of carbonyl (C=O) groups is 1. The lowest BCUT2D eigenvalue weighted by Crippen LogP contribution is -2.57. The quantitative estimate of drug-likeness (QED) is 0.743. The van der Waals surface area contributed by atoms with Crippen LogP contribution in [0.5, 0.6) is 0 Å². The van der Waals surface area contributed by atoms with Gasteiger partial charge in [0.15, 0.2) is 0 Å². The minimum Gasteiger partial charge on any atom is -0.350 e. The van der Waals surface area contributed by atoms with Gasteiger partial charge in [0.05, 0.1) is 11.8 Å². The molecule has 0 aromatic heterocycles. The summed E-state index contributed by atoms with van der Waals surface area (Å²) in [7, 11) is 0. The number of hydrogen-bond donors (Lipinski definition) is 2. The zero-order chi connectivity index (χ0) is 10.5. The first-order chi connectivity index (χ1) is 7.34. The fourth-order valence-electron chi connectivity index (χ4n) is 1.33. The zero-order valence-electron chi connectivity index (χ0n) is 8.40. The summed E-state index contributed by atoms with van der Waals surface area (Å²) < 4.78 is 0. The molecule has 1 aliphatic rings. The summed E-state index contributed by atoms with van der Waals surface area (Å²) >= 11 is 1.57. The maximum atomic E-state index is 11.5. The SMILES string of the molecule is O=C(CSc1ccccc1)NC1CNC1. The third-order valence-electron chi connectivity index (χ3n) is 2.26. The van der Waals surface area contributed by atoms with E-state index in [2.05, 4.69) is 10.6 Å². The molecule has 1 amide bonds. The van der Waals surface area contributed by atoms with E-state index >= 15 is 0 Å². The molecular weight excluding hydrogens is 208 g/mol. The minimum atomic E-state index is 0.121. The lowest BCUT2D eigenvalue weighted by Gasteiger charge is -2.27. The van der Waals surface area contributed by atoms with Crippen molar-refractivity contribution in [2.24, 2.45) is 0 Å². The Morgan fingerprint density at radius 3 is 2.73 bits per heavy atom. The van der Waals surface area contributed by atoms with E-state index in [1.54, 1.807) is 11.8 Å². The van der Waals surface area contributed by atoms with Crippen LogP contribution in [0.15, 0.2) is 35.2 Å². The Labute approximate surface area is 93.6 Å². The van der Waals surface area contributed by atoms with Crippen molar-refractivity contribution < 1.29 is 4.79 Å². The molecule has 80 valence electrons. The van der Waals surface area contributed by atoms with Crippen molar-refractivity contribution in [3.63, 3.8) is 0 Å². The molecule has 1 aliphatic heterocycles. The van der Waals surface area contributed by atoms with Crippen LogP contribution in [-0.4, -0.2) is 30.8 Å². The van der Waals surface area contributed by atoms with Crippen molar-refractivity contribution in [1.29, 1.82) is 0 Å². The van der Waals surface area contributed by atoms with E-state index in [0.29, 0.717) is 11.8 Å². The van der Waals surface area contributed by atoms with Gasteiger partial charge in [0, 0.05) is 18.0 Å². The van der Waals surface area contributed by atoms with Gasteiger partial charge in [-0.15, -0.1) is 11.8 Å². The summed E-state index contributed by atoms with van der Waals surface area (Å²) in [5.74, 6) is 0.621. The smallest absolute Gasteiger partial charge is 0.230 e. The molecule has 1 aromatic rings. The number of carbonyl (C=O) groups excluding carboxylic acids is 1. The van der Waals surface area contributed by atoms with Crippen LogP contribution in [0.2, 0.25) is 0 Å². The lowest BCUT2D eigenvalue weighted by atomic mass is 10.2. The van der Waals surface area contributed by atoms with Crippen LogP contribution < -0.4 is 10.6 Å². The van der Waals surface area contributed by atoms with Gasteiger partial charge in [-0.05, 0) is 12.1 Å². The summed E-state index contributed by atoms with van der Waals surface area (Å²) in [5.41, 5.74) is 0. The molecule has 1 aromatic carbocycles. The molecule has 2 N–H and O–H groups in total. The lowest BCUT2D eigenvalue weighted by molar-refractivity contribution is -0.119. The molecule has 3 nitrogen and oxygen atoms in total. The van der Waals surface area contributed by atoms with E-state index in [1.807, 2.05) is 30.3 Å². The molecule has 0 atom stereocenters. The molecule has 0 spiro atoms. The maximum absolute atomic E-state index is 11.5. The Balaban J connectivity index is 1.71. The van der Waals surface area contributed by atoms with Crippen molar-refractivity contribution in [1.82, 2.24) is 10.6 Å². The molecule has 1 fully saturated rings. The first-order valence-corrected chi connectivity index (χ1v) is 6.01. The number of hydrogen-bond acceptors (Lipinski definition) is 3. The topological polar surface area (TPSA) is 41.1 Å². The predicted molar refractivity (Wildman–Crippen MR) is 62.0 cm³/mol. The van der Waals surface area contributed by atoms with Gasteiger partial charge in [-0.1, -0.05) is 18.2 Å². The number of amides is 1. The Kier molecular flexibility index (Phi) is 3.64. The maximum Gasteiger partial charge on any atom is 0.230 e. The van der Waals surface area contributed by atoms with Crippen LogP contribution in [-0.2, 0) is 4.79 Å². The van der Waals surface area contributed by atoms with Gasteiger partial charge in [-0.2, -0.15) is 0 Å². The Bertz CT molecular complexity index is 325. The average molecular weight is 222 g/mol. The van der Waals surface area contributed by atoms with Gasteiger partial charge < -0.3 is 10.6 Å². The first kappa shape index (κ1) is 10.5. The van der Waals surface area contributed by atoms with Crippen LogP contribution in [0.3, 0.4) is 0 Å². The van der Waals surface area contributed by atoms with Gasteiger partial charge in [0.1, 0.15) is 0 Å². The van der Waals surface area contributed by atoms with E-state index in [4.69, 9.17) is 0 Å². The molecule has 1 heterocycles. The molecule has 4 heteroatoms. The van der Waals surface area contributed by atoms with Crippen molar-refractivity contribution in [3.8, 4) is 0 Å². The predicted octanol–water partition coefficient (Wildman–Crippen LogP) is 0.867. The zero-order valence-corrected chi connectivity index (χ0v) is 9.22. The van der Waals surface area contributed by atoms with E-state index in [-0.39, 0.29) is 5.91 Å². The Hall–Kier alpha value is -1.00. The molecular formula is C11H14N2OS. The Morgan fingerprint density at radius 2 is 2.13 bits per heavy atom. The normalized spacial score (nSPS) is 15.7. The summed E-state index contributed by atoms with van der Waals surface area (Å²) in [6.07, 6.45) is 0. The summed E-state index contributed by atoms with van der Waals surface area (Å²) in [6, 6.07) is 10.3. The first-order valence-electron chi connectivity index (χ1n) is 5.02. The monoisotopic (exact) mass is 222 g/mol. The van der Waals surface area contributed by atoms with Crippen LogP contribution in [0, 0.1) is 0 Å². The minimum absolute atomic E-state index is 0.121. The second-order valence-electron chi connectivity index (χ2n) is 3.52. The average Bonchev–Trinajstić information content (AvgIpc) is 2.22. The molecule has 0 bridgehead atoms. The second-order valence-corrected chi connectivity index (χ2v) is 4.57. The molecule has 0 saturated carbocycles. The van der Waals surface area contributed by atoms with E-state index in [9.17, 15) is 4.79 Å². The standard InChI is InChI=1S/C11H14N2OS/c14-11(13-9-6-12-7-9)8-15-10-4-2-1-3-5-10/h1-5,9,12H,6-8H2,(H,13,14). The highest BCUT2D eigenvalue weighted by molar-refractivity contribution is 8.00. The molecule has 0 radical (unpaired) electrons. The highest BCUT2D eigenvalue weighted by atomic mass is 32.2. The molecule has 0 unspecified atom stereocenters. The van der Waals surface area contributed by atoms with Crippen LogP contribution in [0.1, 0.15) is 0 Å². The fourth-order valence-corrected chi connectivity index (χ4v) is 2.06. The highest BCUT2D eigenvalue weighted by Gasteiger charge is 2.18. The van der Waals surface area contributed by atoms with Crippen molar-refractivity contribution >= 4 is 17.7 Å². The molecule has 1 saturated heterocycles. The summed E-state index contributed by atoms with van der Waals surface area (Å²) in [4.78, 5) is 12.6. The van der Waals surface area contributed by atoms with Crippen LogP contribution in [0.4, 0.5) is 0 Å². The van der Waals surface area contributed by atoms with Gasteiger partial charge >= 0.3 is 0 Å². The molecule has 2 rings (SSSR count). The fraction of sp³-hybridized carbons (Fsp3) is 0.364. The number of rotatable bonds is 4. The third-order valence-corrected chi connectivity index (χ3v) is 3.27. The largest absolute Gasteiger partial charge is 0.350 e. The van der Waals surface area contributed by atoms with Crippen molar-refractivity contribution in [2.75, 3.05) is 18.8 Å². The number of benzene rings is 1. The number of nitrogens with one attached hydrogen (secondary N) is 2. The summed E-state index contributed by atoms with van der Waals surface area (Å²) in [5, 5.41) is 6.08. The van der Waals surface area contributed by atoms with E-state index in [1.165, 1.54) is 0 Å². The number of thioether (sulfide) groups is 1. The molecule has 0 aliphatic carbocycles. The van der Waals surface area contributed by atoms with E-state index < -0.39 is 0 Å². The van der Waals surface area contributed by atoms with Crippen molar-refractivity contribution in [3.05, 3.63) is 30.3 Å². The van der Waals surface area contributed by atoms with E-state index in [0.717, 1.165) is 18.0 Å². The second kappa shape index (κ2) is 5.19. The van der Waals surface area contributed by atoms with Crippen LogP contribution >= 0.6 is 11.8 Å². The van der Waals surface area contributed by atoms with Gasteiger partial charge in [-0.3, -0.25) is 4.79 Å². The molecule has 15 heavy (non-hydrogen) atoms. The highest BCUT2D eigenvalue weighted by Crippen LogP contribution is 2.16.